The Morgan fingerprint density at radius 2 is 1.88 bits per heavy atom. The van der Waals surface area contributed by atoms with E-state index in [-0.39, 0.29) is 23.9 Å². The van der Waals surface area contributed by atoms with Crippen LogP contribution in [0.2, 0.25) is 5.02 Å². The third-order valence-corrected chi connectivity index (χ3v) is 4.73. The van der Waals surface area contributed by atoms with Gasteiger partial charge in [-0.3, -0.25) is 19.6 Å². The summed E-state index contributed by atoms with van der Waals surface area (Å²) in [6.45, 7) is 0.568. The predicted molar refractivity (Wildman–Crippen MR) is 117 cm³/mol. The standard InChI is InChI=1S/C22H17ClN4O5/c23-19-13-26(12-15-4-2-1-3-5-15)25-21(19)24-22(28)20-11-10-18(32-20)14-31-17-8-6-16(7-9-17)27(29)30/h1-11,13H,12,14H2,(H,24,25,28). The zero-order valence-corrected chi connectivity index (χ0v) is 17.4. The number of nitrogens with one attached hydrogen (secondary N) is 1. The normalized spacial score (nSPS) is 10.7. The van der Waals surface area contributed by atoms with Gasteiger partial charge in [0.25, 0.3) is 11.6 Å². The van der Waals surface area contributed by atoms with Crippen LogP contribution in [0.1, 0.15) is 21.9 Å². The summed E-state index contributed by atoms with van der Waals surface area (Å²) < 4.78 is 12.7. The van der Waals surface area contributed by atoms with Crippen LogP contribution in [-0.2, 0) is 13.2 Å². The largest absolute Gasteiger partial charge is 0.486 e. The van der Waals surface area contributed by atoms with Crippen molar-refractivity contribution in [1.29, 1.82) is 0 Å². The first-order chi connectivity index (χ1) is 15.5. The zero-order valence-electron chi connectivity index (χ0n) is 16.6. The molecule has 0 aliphatic carbocycles. The molecule has 2 aromatic carbocycles. The number of halogens is 1. The SMILES string of the molecule is O=C(Nc1nn(Cc2ccccc2)cc1Cl)c1ccc(COc2ccc([N+](=O)[O-])cc2)o1. The number of nitro groups is 1. The third-order valence-electron chi connectivity index (χ3n) is 4.45. The zero-order chi connectivity index (χ0) is 22.5. The summed E-state index contributed by atoms with van der Waals surface area (Å²) in [6.07, 6.45) is 1.63. The molecule has 1 amide bonds. The average Bonchev–Trinajstić information content (AvgIpc) is 3.40. The first-order valence-corrected chi connectivity index (χ1v) is 9.90. The maximum Gasteiger partial charge on any atom is 0.292 e. The highest BCUT2D eigenvalue weighted by atomic mass is 35.5. The van der Waals surface area contributed by atoms with Crippen molar-refractivity contribution in [1.82, 2.24) is 9.78 Å². The van der Waals surface area contributed by atoms with E-state index in [1.54, 1.807) is 16.9 Å². The van der Waals surface area contributed by atoms with Gasteiger partial charge in [0, 0.05) is 18.3 Å². The Bertz CT molecular complexity index is 1230. The molecule has 0 fully saturated rings. The molecule has 2 aromatic heterocycles. The molecular weight excluding hydrogens is 436 g/mol. The van der Waals surface area contributed by atoms with Crippen LogP contribution in [0.5, 0.6) is 5.75 Å². The van der Waals surface area contributed by atoms with Gasteiger partial charge in [-0.05, 0) is 29.8 Å². The number of aromatic nitrogens is 2. The predicted octanol–water partition coefficient (Wildman–Crippen LogP) is 4.92. The van der Waals surface area contributed by atoms with Gasteiger partial charge in [-0.15, -0.1) is 0 Å². The highest BCUT2D eigenvalue weighted by Gasteiger charge is 2.16. The molecule has 0 saturated heterocycles. The molecule has 0 atom stereocenters. The van der Waals surface area contributed by atoms with E-state index in [2.05, 4.69) is 10.4 Å². The molecule has 162 valence electrons. The summed E-state index contributed by atoms with van der Waals surface area (Å²) in [5.41, 5.74) is 1.02. The van der Waals surface area contributed by atoms with Crippen LogP contribution in [0, 0.1) is 10.1 Å². The average molecular weight is 453 g/mol. The quantitative estimate of drug-likeness (QED) is 0.300. The number of ether oxygens (including phenoxy) is 1. The van der Waals surface area contributed by atoms with Crippen LogP contribution < -0.4 is 10.1 Å². The summed E-state index contributed by atoms with van der Waals surface area (Å²) in [6, 6.07) is 18.5. The Balaban J connectivity index is 1.35. The van der Waals surface area contributed by atoms with Gasteiger partial charge >= 0.3 is 0 Å². The van der Waals surface area contributed by atoms with Gasteiger partial charge < -0.3 is 14.5 Å². The monoisotopic (exact) mass is 452 g/mol. The number of carbonyl (C=O) groups is 1. The number of hydrogen-bond donors (Lipinski definition) is 1. The lowest BCUT2D eigenvalue weighted by Crippen LogP contribution is -2.12. The summed E-state index contributed by atoms with van der Waals surface area (Å²) in [4.78, 5) is 22.7. The second kappa shape index (κ2) is 9.36. The van der Waals surface area contributed by atoms with E-state index in [9.17, 15) is 14.9 Å². The third kappa shape index (κ3) is 5.13. The van der Waals surface area contributed by atoms with Gasteiger partial charge in [0.2, 0.25) is 0 Å². The van der Waals surface area contributed by atoms with Gasteiger partial charge in [0.05, 0.1) is 11.5 Å². The molecule has 0 aliphatic heterocycles. The second-order valence-corrected chi connectivity index (χ2v) is 7.18. The molecule has 32 heavy (non-hydrogen) atoms. The van der Waals surface area contributed by atoms with E-state index in [1.807, 2.05) is 30.3 Å². The molecular formula is C22H17ClN4O5. The Morgan fingerprint density at radius 1 is 1.12 bits per heavy atom. The van der Waals surface area contributed by atoms with Gasteiger partial charge in [-0.1, -0.05) is 41.9 Å². The number of benzene rings is 2. The molecule has 4 aromatic rings. The lowest BCUT2D eigenvalue weighted by Gasteiger charge is -2.04. The van der Waals surface area contributed by atoms with Gasteiger partial charge in [0.15, 0.2) is 11.6 Å². The number of furan rings is 1. The Morgan fingerprint density at radius 3 is 2.59 bits per heavy atom. The highest BCUT2D eigenvalue weighted by Crippen LogP contribution is 2.22. The molecule has 0 aliphatic rings. The molecule has 2 heterocycles. The number of non-ortho nitro benzene ring substituents is 1. The van der Waals surface area contributed by atoms with E-state index in [0.717, 1.165) is 5.56 Å². The summed E-state index contributed by atoms with van der Waals surface area (Å²) in [5, 5.41) is 17.9. The maximum absolute atomic E-state index is 12.5. The van der Waals surface area contributed by atoms with Crippen molar-refractivity contribution in [3.05, 3.63) is 105 Å². The molecule has 0 radical (unpaired) electrons. The first-order valence-electron chi connectivity index (χ1n) is 9.52. The number of amides is 1. The van der Waals surface area contributed by atoms with Crippen LogP contribution in [0.15, 0.2) is 77.3 Å². The van der Waals surface area contributed by atoms with Crippen molar-refractivity contribution in [2.24, 2.45) is 0 Å². The van der Waals surface area contributed by atoms with Crippen molar-refractivity contribution in [3.8, 4) is 5.75 Å². The molecule has 1 N–H and O–H groups in total. The molecule has 4 rings (SSSR count). The lowest BCUT2D eigenvalue weighted by molar-refractivity contribution is -0.384. The minimum atomic E-state index is -0.501. The summed E-state index contributed by atoms with van der Waals surface area (Å²) in [5.74, 6) is 0.648. The van der Waals surface area contributed by atoms with Crippen LogP contribution in [0.4, 0.5) is 11.5 Å². The van der Waals surface area contributed by atoms with Crippen molar-refractivity contribution in [2.45, 2.75) is 13.2 Å². The van der Waals surface area contributed by atoms with E-state index < -0.39 is 10.8 Å². The van der Waals surface area contributed by atoms with Crippen LogP contribution in [0.25, 0.3) is 0 Å². The van der Waals surface area contributed by atoms with Gasteiger partial charge in [-0.25, -0.2) is 0 Å². The number of carbonyl (C=O) groups excluding carboxylic acids is 1. The summed E-state index contributed by atoms with van der Waals surface area (Å²) in [7, 11) is 0. The highest BCUT2D eigenvalue weighted by molar-refractivity contribution is 6.33. The van der Waals surface area contributed by atoms with Crippen molar-refractivity contribution >= 4 is 29.0 Å². The molecule has 10 heteroatoms. The fraction of sp³-hybridized carbons (Fsp3) is 0.0909. The van der Waals surface area contributed by atoms with Gasteiger partial charge in [-0.2, -0.15) is 5.10 Å². The minimum Gasteiger partial charge on any atom is -0.486 e. The Labute approximate surface area is 187 Å². The number of anilines is 1. The molecule has 0 unspecified atom stereocenters. The first kappa shape index (κ1) is 21.1. The van der Waals surface area contributed by atoms with Crippen LogP contribution in [-0.4, -0.2) is 20.6 Å². The fourth-order valence-corrected chi connectivity index (χ4v) is 3.10. The van der Waals surface area contributed by atoms with Crippen molar-refractivity contribution in [3.63, 3.8) is 0 Å². The number of nitrogens with zero attached hydrogens (tertiary/aromatic N) is 3. The summed E-state index contributed by atoms with van der Waals surface area (Å²) >= 11 is 6.21. The van der Waals surface area contributed by atoms with Crippen molar-refractivity contribution in [2.75, 3.05) is 5.32 Å². The minimum absolute atomic E-state index is 0.0285. The van der Waals surface area contributed by atoms with E-state index in [1.165, 1.54) is 30.3 Å². The molecule has 0 bridgehead atoms. The smallest absolute Gasteiger partial charge is 0.292 e. The topological polar surface area (TPSA) is 112 Å². The Kier molecular flexibility index (Phi) is 6.18. The molecule has 0 spiro atoms. The number of rotatable bonds is 8. The van der Waals surface area contributed by atoms with Gasteiger partial charge in [0.1, 0.15) is 23.1 Å². The van der Waals surface area contributed by atoms with Crippen LogP contribution in [0.3, 0.4) is 0 Å². The lowest BCUT2D eigenvalue weighted by atomic mass is 10.2. The number of nitro benzene ring substituents is 1. The van der Waals surface area contributed by atoms with Crippen molar-refractivity contribution < 1.29 is 18.9 Å². The molecule has 0 saturated carbocycles. The second-order valence-electron chi connectivity index (χ2n) is 6.77. The molecule has 9 nitrogen and oxygen atoms in total. The van der Waals surface area contributed by atoms with E-state index >= 15 is 0 Å². The van der Waals surface area contributed by atoms with E-state index in [4.69, 9.17) is 20.8 Å². The fourth-order valence-electron chi connectivity index (χ4n) is 2.90. The maximum atomic E-state index is 12.5. The van der Waals surface area contributed by atoms with E-state index in [0.29, 0.717) is 23.1 Å². The Hall–Kier alpha value is -4.11. The number of hydrogen-bond acceptors (Lipinski definition) is 6. The van der Waals surface area contributed by atoms with Crippen LogP contribution >= 0.6 is 11.6 Å².